The molecule has 11 heteroatoms. The van der Waals surface area contributed by atoms with Crippen LogP contribution in [0.15, 0.2) is 47.6 Å². The third-order valence-corrected chi connectivity index (χ3v) is 5.06. The number of ether oxygens (including phenoxy) is 3. The topological polar surface area (TPSA) is 106 Å². The van der Waals surface area contributed by atoms with E-state index in [1.54, 1.807) is 32.6 Å². The number of hydrogen-bond donors (Lipinski definition) is 2. The summed E-state index contributed by atoms with van der Waals surface area (Å²) in [6.07, 6.45) is 1.65. The molecule has 1 aliphatic rings. The molecule has 0 bridgehead atoms. The SMILES string of the molecule is COc1ccc(/C=N/Nc2nc(Nc3ccc(Cl)cc3)nc(N3CCOCC3)n2)cc1OC. The monoisotopic (exact) mass is 469 g/mol. The van der Waals surface area contributed by atoms with Crippen molar-refractivity contribution in [3.8, 4) is 11.5 Å². The first kappa shape index (κ1) is 22.6. The molecule has 0 amide bonds. The van der Waals surface area contributed by atoms with E-state index in [4.69, 9.17) is 25.8 Å². The van der Waals surface area contributed by atoms with Gasteiger partial charge in [-0.25, -0.2) is 5.43 Å². The number of anilines is 4. The third-order valence-electron chi connectivity index (χ3n) is 4.80. The van der Waals surface area contributed by atoms with Gasteiger partial charge in [0.15, 0.2) is 11.5 Å². The van der Waals surface area contributed by atoms with E-state index in [9.17, 15) is 0 Å². The quantitative estimate of drug-likeness (QED) is 0.378. The number of rotatable bonds is 8. The fourth-order valence-electron chi connectivity index (χ4n) is 3.14. The Morgan fingerprint density at radius 1 is 0.970 bits per heavy atom. The van der Waals surface area contributed by atoms with Crippen LogP contribution in [-0.4, -0.2) is 61.7 Å². The summed E-state index contributed by atoms with van der Waals surface area (Å²) in [5.41, 5.74) is 4.52. The number of hydrogen-bond acceptors (Lipinski definition) is 10. The van der Waals surface area contributed by atoms with Crippen LogP contribution < -0.4 is 25.1 Å². The van der Waals surface area contributed by atoms with E-state index in [2.05, 4.69) is 30.8 Å². The average Bonchev–Trinajstić information content (AvgIpc) is 2.86. The molecule has 2 N–H and O–H groups in total. The molecule has 0 radical (unpaired) electrons. The van der Waals surface area contributed by atoms with E-state index in [0.29, 0.717) is 60.7 Å². The number of nitrogens with one attached hydrogen (secondary N) is 2. The van der Waals surface area contributed by atoms with Gasteiger partial charge < -0.3 is 24.4 Å². The maximum atomic E-state index is 5.98. The van der Waals surface area contributed by atoms with Crippen LogP contribution in [0.1, 0.15) is 5.56 Å². The summed E-state index contributed by atoms with van der Waals surface area (Å²) in [5.74, 6) is 2.49. The van der Waals surface area contributed by atoms with E-state index in [1.165, 1.54) is 0 Å². The van der Waals surface area contributed by atoms with Gasteiger partial charge in [0.25, 0.3) is 0 Å². The van der Waals surface area contributed by atoms with Crippen molar-refractivity contribution in [3.63, 3.8) is 0 Å². The van der Waals surface area contributed by atoms with Crippen LogP contribution in [0, 0.1) is 0 Å². The number of methoxy groups -OCH3 is 2. The molecule has 3 aromatic rings. The van der Waals surface area contributed by atoms with Gasteiger partial charge in [-0.2, -0.15) is 20.1 Å². The Balaban J connectivity index is 1.55. The van der Waals surface area contributed by atoms with Gasteiger partial charge in [0.05, 0.1) is 33.6 Å². The van der Waals surface area contributed by atoms with Crippen molar-refractivity contribution in [3.05, 3.63) is 53.1 Å². The molecule has 4 rings (SSSR count). The maximum absolute atomic E-state index is 5.98. The summed E-state index contributed by atoms with van der Waals surface area (Å²) in [6.45, 7) is 2.62. The lowest BCUT2D eigenvalue weighted by Gasteiger charge is -2.27. The van der Waals surface area contributed by atoms with Gasteiger partial charge in [-0.15, -0.1) is 0 Å². The van der Waals surface area contributed by atoms with Crippen LogP contribution in [0.4, 0.5) is 23.5 Å². The summed E-state index contributed by atoms with van der Waals surface area (Å²) < 4.78 is 16.0. The summed E-state index contributed by atoms with van der Waals surface area (Å²) >= 11 is 5.98. The molecule has 1 fully saturated rings. The minimum absolute atomic E-state index is 0.305. The zero-order valence-corrected chi connectivity index (χ0v) is 19.0. The molecule has 0 atom stereocenters. The predicted octanol–water partition coefficient (Wildman–Crippen LogP) is 3.57. The lowest BCUT2D eigenvalue weighted by Crippen LogP contribution is -2.37. The number of nitrogens with zero attached hydrogens (tertiary/aromatic N) is 5. The highest BCUT2D eigenvalue weighted by atomic mass is 35.5. The molecule has 10 nitrogen and oxygen atoms in total. The molecule has 33 heavy (non-hydrogen) atoms. The van der Waals surface area contributed by atoms with Crippen molar-refractivity contribution >= 4 is 41.3 Å². The van der Waals surface area contributed by atoms with Gasteiger partial charge in [0.1, 0.15) is 0 Å². The number of halogens is 1. The van der Waals surface area contributed by atoms with Crippen molar-refractivity contribution in [2.75, 3.05) is 56.2 Å². The minimum Gasteiger partial charge on any atom is -0.493 e. The average molecular weight is 470 g/mol. The van der Waals surface area contributed by atoms with Gasteiger partial charge in [-0.1, -0.05) is 11.6 Å². The second-order valence-corrected chi connectivity index (χ2v) is 7.43. The van der Waals surface area contributed by atoms with Crippen LogP contribution in [0.5, 0.6) is 11.5 Å². The second kappa shape index (κ2) is 10.8. The zero-order chi connectivity index (χ0) is 23.0. The Bertz CT molecular complexity index is 1110. The highest BCUT2D eigenvalue weighted by molar-refractivity contribution is 6.30. The van der Waals surface area contributed by atoms with E-state index in [1.807, 2.05) is 35.2 Å². The van der Waals surface area contributed by atoms with Crippen LogP contribution in [-0.2, 0) is 4.74 Å². The molecular weight excluding hydrogens is 446 g/mol. The molecule has 1 saturated heterocycles. The highest BCUT2D eigenvalue weighted by Crippen LogP contribution is 2.27. The largest absolute Gasteiger partial charge is 0.493 e. The molecule has 1 aromatic heterocycles. The molecule has 2 heterocycles. The van der Waals surface area contributed by atoms with Crippen molar-refractivity contribution < 1.29 is 14.2 Å². The van der Waals surface area contributed by atoms with Crippen LogP contribution in [0.25, 0.3) is 0 Å². The third kappa shape index (κ3) is 5.99. The summed E-state index contributed by atoms with van der Waals surface area (Å²) in [7, 11) is 3.18. The first-order valence-corrected chi connectivity index (χ1v) is 10.6. The zero-order valence-electron chi connectivity index (χ0n) is 18.3. The van der Waals surface area contributed by atoms with Gasteiger partial charge in [-0.3, -0.25) is 0 Å². The van der Waals surface area contributed by atoms with E-state index >= 15 is 0 Å². The van der Waals surface area contributed by atoms with Crippen molar-refractivity contribution in [2.45, 2.75) is 0 Å². The normalized spacial score (nSPS) is 13.7. The van der Waals surface area contributed by atoms with E-state index in [-0.39, 0.29) is 0 Å². The number of hydrazone groups is 1. The van der Waals surface area contributed by atoms with Gasteiger partial charge in [0, 0.05) is 23.8 Å². The Labute approximate surface area is 196 Å². The van der Waals surface area contributed by atoms with Crippen molar-refractivity contribution in [1.29, 1.82) is 0 Å². The van der Waals surface area contributed by atoms with Crippen LogP contribution in [0.3, 0.4) is 0 Å². The maximum Gasteiger partial charge on any atom is 0.250 e. The molecule has 2 aromatic carbocycles. The first-order chi connectivity index (χ1) is 16.1. The van der Waals surface area contributed by atoms with Crippen LogP contribution >= 0.6 is 11.6 Å². The lowest BCUT2D eigenvalue weighted by atomic mass is 10.2. The highest BCUT2D eigenvalue weighted by Gasteiger charge is 2.16. The smallest absolute Gasteiger partial charge is 0.250 e. The number of morpholine rings is 1. The first-order valence-electron chi connectivity index (χ1n) is 10.3. The summed E-state index contributed by atoms with van der Waals surface area (Å²) in [4.78, 5) is 15.6. The lowest BCUT2D eigenvalue weighted by molar-refractivity contribution is 0.122. The van der Waals surface area contributed by atoms with Gasteiger partial charge in [-0.05, 0) is 48.0 Å². The summed E-state index contributed by atoms with van der Waals surface area (Å²) in [5, 5.41) is 8.11. The van der Waals surface area contributed by atoms with Crippen molar-refractivity contribution in [2.24, 2.45) is 5.10 Å². The Kier molecular flexibility index (Phi) is 7.38. The molecule has 0 unspecified atom stereocenters. The molecule has 172 valence electrons. The van der Waals surface area contributed by atoms with Crippen LogP contribution in [0.2, 0.25) is 5.02 Å². The van der Waals surface area contributed by atoms with Gasteiger partial charge in [0.2, 0.25) is 17.8 Å². The standard InChI is InChI=1S/C22H24ClN7O3/c1-31-18-8-3-15(13-19(18)32-2)14-24-29-21-26-20(25-17-6-4-16(23)5-7-17)27-22(28-21)30-9-11-33-12-10-30/h3-8,13-14H,9-12H2,1-2H3,(H2,25,26,27,28,29)/b24-14+. The molecule has 0 saturated carbocycles. The van der Waals surface area contributed by atoms with E-state index < -0.39 is 0 Å². The number of aromatic nitrogens is 3. The molecule has 0 spiro atoms. The Morgan fingerprint density at radius 3 is 2.42 bits per heavy atom. The van der Waals surface area contributed by atoms with Crippen molar-refractivity contribution in [1.82, 2.24) is 15.0 Å². The second-order valence-electron chi connectivity index (χ2n) is 7.00. The predicted molar refractivity (Wildman–Crippen MR) is 128 cm³/mol. The fraction of sp³-hybridized carbons (Fsp3) is 0.273. The Hall–Kier alpha value is -3.63. The number of benzene rings is 2. The van der Waals surface area contributed by atoms with Gasteiger partial charge >= 0.3 is 0 Å². The van der Waals surface area contributed by atoms with E-state index in [0.717, 1.165) is 11.3 Å². The molecular formula is C22H24ClN7O3. The summed E-state index contributed by atoms with van der Waals surface area (Å²) in [6, 6.07) is 12.8. The molecule has 1 aliphatic heterocycles. The molecule has 0 aliphatic carbocycles. The minimum atomic E-state index is 0.305. The Morgan fingerprint density at radius 2 is 1.70 bits per heavy atom. The fourth-order valence-corrected chi connectivity index (χ4v) is 3.26.